The maximum absolute atomic E-state index is 12.0. The van der Waals surface area contributed by atoms with Gasteiger partial charge < -0.3 is 9.47 Å². The number of benzene rings is 3. The Morgan fingerprint density at radius 1 is 1.03 bits per heavy atom. The molecule has 31 heavy (non-hydrogen) atoms. The third kappa shape index (κ3) is 7.79. The number of nitrogens with zero attached hydrogens (tertiary/aromatic N) is 1. The zero-order chi connectivity index (χ0) is 21.9. The van der Waals surface area contributed by atoms with Crippen LogP contribution in [0.15, 0.2) is 77.9 Å². The number of hydrazone groups is 1. The first-order valence-electron chi connectivity index (χ1n) is 10.1. The number of carbonyl (C=O) groups excluding carboxylic acids is 1. The molecule has 1 amide bonds. The second-order valence-electron chi connectivity index (χ2n) is 7.00. The van der Waals surface area contributed by atoms with Crippen molar-refractivity contribution in [3.63, 3.8) is 0 Å². The predicted octanol–water partition coefficient (Wildman–Crippen LogP) is 5.54. The summed E-state index contributed by atoms with van der Waals surface area (Å²) in [6, 6.07) is 23.0. The molecule has 0 aliphatic carbocycles. The Bertz CT molecular complexity index is 1020. The van der Waals surface area contributed by atoms with Crippen molar-refractivity contribution < 1.29 is 14.3 Å². The molecule has 0 saturated carbocycles. The van der Waals surface area contributed by atoms with Gasteiger partial charge in [0.25, 0.3) is 0 Å². The molecule has 0 unspecified atom stereocenters. The lowest BCUT2D eigenvalue weighted by Crippen LogP contribution is -2.18. The SMILES string of the molecule is Cc1cc(Cl)ccc1OCCCC(=O)N/N=C/c1cccc(OCc2ccccc2)c1. The quantitative estimate of drug-likeness (QED) is 0.258. The molecule has 0 atom stereocenters. The Morgan fingerprint density at radius 3 is 2.68 bits per heavy atom. The molecule has 6 heteroatoms. The molecule has 3 aromatic carbocycles. The van der Waals surface area contributed by atoms with Crippen molar-refractivity contribution >= 4 is 23.7 Å². The summed E-state index contributed by atoms with van der Waals surface area (Å²) < 4.78 is 11.5. The fourth-order valence-corrected chi connectivity index (χ4v) is 3.08. The number of nitrogens with one attached hydrogen (secondary N) is 1. The summed E-state index contributed by atoms with van der Waals surface area (Å²) >= 11 is 5.93. The molecule has 0 radical (unpaired) electrons. The molecule has 0 heterocycles. The number of ether oxygens (including phenoxy) is 2. The number of aryl methyl sites for hydroxylation is 1. The molecule has 1 N–H and O–H groups in total. The third-order valence-corrected chi connectivity index (χ3v) is 4.69. The second kappa shape index (κ2) is 11.8. The van der Waals surface area contributed by atoms with Gasteiger partial charge in [0.2, 0.25) is 5.91 Å². The van der Waals surface area contributed by atoms with Gasteiger partial charge in [-0.15, -0.1) is 0 Å². The molecule has 5 nitrogen and oxygen atoms in total. The Morgan fingerprint density at radius 2 is 1.87 bits per heavy atom. The van der Waals surface area contributed by atoms with Gasteiger partial charge in [0.05, 0.1) is 12.8 Å². The predicted molar refractivity (Wildman–Crippen MR) is 124 cm³/mol. The lowest BCUT2D eigenvalue weighted by Gasteiger charge is -2.09. The van der Waals surface area contributed by atoms with Crippen LogP contribution in [0.4, 0.5) is 0 Å². The smallest absolute Gasteiger partial charge is 0.240 e. The van der Waals surface area contributed by atoms with Crippen LogP contribution in [-0.2, 0) is 11.4 Å². The van der Waals surface area contributed by atoms with Crippen molar-refractivity contribution in [1.29, 1.82) is 0 Å². The molecule has 0 aliphatic heterocycles. The van der Waals surface area contributed by atoms with Crippen molar-refractivity contribution in [3.05, 3.63) is 94.5 Å². The van der Waals surface area contributed by atoms with E-state index in [0.717, 1.165) is 28.2 Å². The standard InChI is InChI=1S/C25H25ClN2O3/c1-19-15-22(26)12-13-24(19)30-14-6-11-25(29)28-27-17-21-9-5-10-23(16-21)31-18-20-7-3-2-4-8-20/h2-5,7-10,12-13,15-17H,6,11,14,18H2,1H3,(H,28,29)/b27-17+. The Labute approximate surface area is 187 Å². The topological polar surface area (TPSA) is 59.9 Å². The van der Waals surface area contributed by atoms with E-state index in [1.807, 2.05) is 73.7 Å². The normalized spacial score (nSPS) is 10.8. The minimum absolute atomic E-state index is 0.163. The molecule has 160 valence electrons. The van der Waals surface area contributed by atoms with Crippen molar-refractivity contribution in [3.8, 4) is 11.5 Å². The van der Waals surface area contributed by atoms with Crippen LogP contribution >= 0.6 is 11.6 Å². The minimum atomic E-state index is -0.163. The van der Waals surface area contributed by atoms with Gasteiger partial charge in [0.15, 0.2) is 0 Å². The molecule has 0 aliphatic rings. The molecule has 0 bridgehead atoms. The Hall–Kier alpha value is -3.31. The van der Waals surface area contributed by atoms with Crippen LogP contribution < -0.4 is 14.9 Å². The first kappa shape index (κ1) is 22.4. The number of rotatable bonds is 10. The van der Waals surface area contributed by atoms with Crippen molar-refractivity contribution in [2.75, 3.05) is 6.61 Å². The fraction of sp³-hybridized carbons (Fsp3) is 0.200. The summed E-state index contributed by atoms with van der Waals surface area (Å²) in [4.78, 5) is 12.0. The van der Waals surface area contributed by atoms with Gasteiger partial charge in [-0.2, -0.15) is 5.10 Å². The highest BCUT2D eigenvalue weighted by atomic mass is 35.5. The van der Waals surface area contributed by atoms with E-state index in [1.54, 1.807) is 12.3 Å². The van der Waals surface area contributed by atoms with E-state index >= 15 is 0 Å². The lowest BCUT2D eigenvalue weighted by molar-refractivity contribution is -0.121. The largest absolute Gasteiger partial charge is 0.493 e. The highest BCUT2D eigenvalue weighted by Gasteiger charge is 2.03. The molecule has 0 fully saturated rings. The van der Waals surface area contributed by atoms with Crippen LogP contribution in [0.1, 0.15) is 29.5 Å². The molecule has 0 saturated heterocycles. The highest BCUT2D eigenvalue weighted by molar-refractivity contribution is 6.30. The molecule has 0 spiro atoms. The zero-order valence-electron chi connectivity index (χ0n) is 17.4. The number of halogens is 1. The Kier molecular flexibility index (Phi) is 8.49. The van der Waals surface area contributed by atoms with E-state index in [4.69, 9.17) is 21.1 Å². The number of carbonyl (C=O) groups is 1. The first-order valence-corrected chi connectivity index (χ1v) is 10.5. The van der Waals surface area contributed by atoms with Gasteiger partial charge in [-0.3, -0.25) is 4.79 Å². The number of hydrogen-bond acceptors (Lipinski definition) is 4. The van der Waals surface area contributed by atoms with Gasteiger partial charge in [-0.25, -0.2) is 5.43 Å². The van der Waals surface area contributed by atoms with Gasteiger partial charge >= 0.3 is 0 Å². The number of hydrogen-bond donors (Lipinski definition) is 1. The summed E-state index contributed by atoms with van der Waals surface area (Å²) in [6.45, 7) is 2.88. The molecular formula is C25H25ClN2O3. The number of amides is 1. The summed E-state index contributed by atoms with van der Waals surface area (Å²) in [5, 5.41) is 4.70. The van der Waals surface area contributed by atoms with Crippen LogP contribution in [0.25, 0.3) is 0 Å². The van der Waals surface area contributed by atoms with Crippen molar-refractivity contribution in [1.82, 2.24) is 5.43 Å². The summed E-state index contributed by atoms with van der Waals surface area (Å²) in [5.74, 6) is 1.36. The van der Waals surface area contributed by atoms with Crippen LogP contribution in [0.5, 0.6) is 11.5 Å². The average molecular weight is 437 g/mol. The van der Waals surface area contributed by atoms with Crippen molar-refractivity contribution in [2.24, 2.45) is 5.10 Å². The molecule has 0 aromatic heterocycles. The average Bonchev–Trinajstić information content (AvgIpc) is 2.77. The Balaban J connectivity index is 1.38. The van der Waals surface area contributed by atoms with Gasteiger partial charge in [-0.05, 0) is 60.4 Å². The second-order valence-corrected chi connectivity index (χ2v) is 7.44. The van der Waals surface area contributed by atoms with Crippen LogP contribution in [0, 0.1) is 6.92 Å². The van der Waals surface area contributed by atoms with Crippen LogP contribution in [0.2, 0.25) is 5.02 Å². The summed E-state index contributed by atoms with van der Waals surface area (Å²) in [6.07, 6.45) is 2.51. The minimum Gasteiger partial charge on any atom is -0.493 e. The van der Waals surface area contributed by atoms with E-state index in [-0.39, 0.29) is 5.91 Å². The molecule has 3 rings (SSSR count). The summed E-state index contributed by atoms with van der Waals surface area (Å²) in [7, 11) is 0. The molecular weight excluding hydrogens is 412 g/mol. The van der Waals surface area contributed by atoms with Crippen LogP contribution in [-0.4, -0.2) is 18.7 Å². The van der Waals surface area contributed by atoms with E-state index < -0.39 is 0 Å². The van der Waals surface area contributed by atoms with Crippen molar-refractivity contribution in [2.45, 2.75) is 26.4 Å². The monoisotopic (exact) mass is 436 g/mol. The first-order chi connectivity index (χ1) is 15.1. The zero-order valence-corrected chi connectivity index (χ0v) is 18.1. The molecule has 3 aromatic rings. The fourth-order valence-electron chi connectivity index (χ4n) is 2.85. The lowest BCUT2D eigenvalue weighted by atomic mass is 10.2. The van der Waals surface area contributed by atoms with Gasteiger partial charge in [0.1, 0.15) is 18.1 Å². The maximum atomic E-state index is 12.0. The van der Waals surface area contributed by atoms with E-state index in [2.05, 4.69) is 10.5 Å². The van der Waals surface area contributed by atoms with E-state index in [9.17, 15) is 4.79 Å². The van der Waals surface area contributed by atoms with Gasteiger partial charge in [0, 0.05) is 11.4 Å². The van der Waals surface area contributed by atoms with E-state index in [0.29, 0.717) is 31.1 Å². The maximum Gasteiger partial charge on any atom is 0.240 e. The van der Waals surface area contributed by atoms with Crippen LogP contribution in [0.3, 0.4) is 0 Å². The van der Waals surface area contributed by atoms with E-state index in [1.165, 1.54) is 0 Å². The summed E-state index contributed by atoms with van der Waals surface area (Å²) in [5.41, 5.74) is 5.45. The highest BCUT2D eigenvalue weighted by Crippen LogP contribution is 2.22. The third-order valence-electron chi connectivity index (χ3n) is 4.45. The van der Waals surface area contributed by atoms with Gasteiger partial charge in [-0.1, -0.05) is 54.1 Å².